The molecule has 6 nitrogen and oxygen atoms in total. The highest BCUT2D eigenvalue weighted by molar-refractivity contribution is 6.28. The van der Waals surface area contributed by atoms with Crippen molar-refractivity contribution in [2.45, 2.75) is 0 Å². The summed E-state index contributed by atoms with van der Waals surface area (Å²) in [6.07, 6.45) is 2.35. The Morgan fingerprint density at radius 1 is 1.06 bits per heavy atom. The number of hydrogen-bond acceptors (Lipinski definition) is 4. The maximum Gasteiger partial charge on any atom is 0.274 e. The summed E-state index contributed by atoms with van der Waals surface area (Å²) < 4.78 is 0. The molecule has 3 amide bonds. The first-order valence-electron chi connectivity index (χ1n) is 4.74. The highest BCUT2D eigenvalue weighted by Gasteiger charge is 2.24. The van der Waals surface area contributed by atoms with Gasteiger partial charge >= 0.3 is 0 Å². The molecule has 0 bridgehead atoms. The summed E-state index contributed by atoms with van der Waals surface area (Å²) in [5.74, 6) is -1.50. The number of carbonyl (C=O) groups is 3. The Kier molecular flexibility index (Phi) is 2.71. The smallest absolute Gasteiger partial charge is 0.274 e. The molecule has 1 heterocycles. The molecule has 6 heteroatoms. The van der Waals surface area contributed by atoms with Crippen LogP contribution in [0.5, 0.6) is 0 Å². The number of imide groups is 1. The minimum Gasteiger partial charge on any atom is -0.288 e. The van der Waals surface area contributed by atoms with E-state index in [0.29, 0.717) is 5.69 Å². The van der Waals surface area contributed by atoms with Crippen LogP contribution in [0.4, 0.5) is 5.69 Å². The molecule has 0 unspecified atom stereocenters. The summed E-state index contributed by atoms with van der Waals surface area (Å²) in [5.41, 5.74) is 2.09. The second-order valence-corrected chi connectivity index (χ2v) is 3.33. The number of amides is 3. The molecule has 0 fully saturated rings. The minimum absolute atomic E-state index is 0.225. The van der Waals surface area contributed by atoms with E-state index in [1.807, 2.05) is 0 Å². The second-order valence-electron chi connectivity index (χ2n) is 3.33. The third-order valence-corrected chi connectivity index (χ3v) is 2.30. The molecule has 86 valence electrons. The first kappa shape index (κ1) is 11.0. The van der Waals surface area contributed by atoms with E-state index in [1.54, 1.807) is 0 Å². The van der Waals surface area contributed by atoms with Crippen LogP contribution in [-0.4, -0.2) is 22.9 Å². The second kappa shape index (κ2) is 4.18. The zero-order valence-corrected chi connectivity index (χ0v) is 8.58. The zero-order valence-electron chi connectivity index (χ0n) is 8.58. The lowest BCUT2D eigenvalue weighted by molar-refractivity contribution is -0.119. The molecule has 0 atom stereocenters. The van der Waals surface area contributed by atoms with Crippen molar-refractivity contribution in [1.29, 1.82) is 0 Å². The van der Waals surface area contributed by atoms with Crippen molar-refractivity contribution in [3.63, 3.8) is 0 Å². The van der Waals surface area contributed by atoms with Crippen LogP contribution >= 0.6 is 0 Å². The third-order valence-electron chi connectivity index (χ3n) is 2.30. The van der Waals surface area contributed by atoms with Crippen molar-refractivity contribution in [1.82, 2.24) is 5.48 Å². The van der Waals surface area contributed by atoms with Crippen molar-refractivity contribution in [3.05, 3.63) is 42.0 Å². The molecular formula is C11H8N2O4. The fourth-order valence-electron chi connectivity index (χ4n) is 1.48. The normalized spacial score (nSPS) is 14.3. The molecule has 0 saturated carbocycles. The Balaban J connectivity index is 2.27. The summed E-state index contributed by atoms with van der Waals surface area (Å²) in [4.78, 5) is 34.8. The predicted molar refractivity (Wildman–Crippen MR) is 57.3 cm³/mol. The van der Waals surface area contributed by atoms with Gasteiger partial charge in [0.1, 0.15) is 0 Å². The number of anilines is 1. The van der Waals surface area contributed by atoms with Crippen molar-refractivity contribution in [2.75, 3.05) is 4.90 Å². The van der Waals surface area contributed by atoms with Crippen LogP contribution in [0.1, 0.15) is 10.4 Å². The molecule has 0 spiro atoms. The monoisotopic (exact) mass is 232 g/mol. The lowest BCUT2D eigenvalue weighted by Gasteiger charge is -2.13. The van der Waals surface area contributed by atoms with Gasteiger partial charge in [0, 0.05) is 17.7 Å². The third kappa shape index (κ3) is 1.93. The van der Waals surface area contributed by atoms with Crippen molar-refractivity contribution >= 4 is 23.4 Å². The lowest BCUT2D eigenvalue weighted by atomic mass is 10.2. The number of rotatable bonds is 2. The summed E-state index contributed by atoms with van der Waals surface area (Å²) in [5, 5.41) is 8.42. The van der Waals surface area contributed by atoms with Crippen molar-refractivity contribution < 1.29 is 19.6 Å². The van der Waals surface area contributed by atoms with E-state index < -0.39 is 17.7 Å². The molecular weight excluding hydrogens is 224 g/mol. The zero-order chi connectivity index (χ0) is 12.4. The molecule has 1 aliphatic rings. The molecule has 1 aromatic rings. The number of hydrogen-bond donors (Lipinski definition) is 2. The maximum absolute atomic E-state index is 11.4. The maximum atomic E-state index is 11.4. The minimum atomic E-state index is -0.659. The van der Waals surface area contributed by atoms with Crippen LogP contribution in [0, 0.1) is 0 Å². The molecule has 1 aromatic carbocycles. The fourth-order valence-corrected chi connectivity index (χ4v) is 1.48. The molecule has 1 aliphatic heterocycles. The Morgan fingerprint density at radius 2 is 1.59 bits per heavy atom. The number of benzene rings is 1. The average Bonchev–Trinajstić information content (AvgIpc) is 2.68. The Bertz CT molecular complexity index is 501. The summed E-state index contributed by atoms with van der Waals surface area (Å²) >= 11 is 0. The molecule has 2 N–H and O–H groups in total. The van der Waals surface area contributed by atoms with Crippen LogP contribution < -0.4 is 10.4 Å². The molecule has 0 aromatic heterocycles. The van der Waals surface area contributed by atoms with Crippen molar-refractivity contribution in [3.8, 4) is 0 Å². The van der Waals surface area contributed by atoms with E-state index in [4.69, 9.17) is 5.21 Å². The first-order chi connectivity index (χ1) is 8.13. The van der Waals surface area contributed by atoms with Gasteiger partial charge in [-0.1, -0.05) is 0 Å². The number of hydroxylamine groups is 1. The van der Waals surface area contributed by atoms with Gasteiger partial charge in [0.15, 0.2) is 0 Å². The van der Waals surface area contributed by atoms with E-state index in [1.165, 1.54) is 41.9 Å². The molecule has 17 heavy (non-hydrogen) atoms. The van der Waals surface area contributed by atoms with Gasteiger partial charge in [-0.3, -0.25) is 19.6 Å². The number of carbonyl (C=O) groups excluding carboxylic acids is 3. The summed E-state index contributed by atoms with van der Waals surface area (Å²) in [7, 11) is 0. The summed E-state index contributed by atoms with van der Waals surface area (Å²) in [6, 6.07) is 5.71. The highest BCUT2D eigenvalue weighted by Crippen LogP contribution is 2.19. The van der Waals surface area contributed by atoms with Gasteiger partial charge in [0.05, 0.1) is 5.69 Å². The summed E-state index contributed by atoms with van der Waals surface area (Å²) in [6.45, 7) is 0. The van der Waals surface area contributed by atoms with Crippen LogP contribution in [0.25, 0.3) is 0 Å². The van der Waals surface area contributed by atoms with Gasteiger partial charge in [-0.25, -0.2) is 10.4 Å². The van der Waals surface area contributed by atoms with Gasteiger partial charge in [-0.05, 0) is 24.3 Å². The van der Waals surface area contributed by atoms with Crippen LogP contribution in [0.15, 0.2) is 36.4 Å². The fraction of sp³-hybridized carbons (Fsp3) is 0. The number of nitrogens with one attached hydrogen (secondary N) is 1. The van der Waals surface area contributed by atoms with Crippen LogP contribution in [-0.2, 0) is 9.59 Å². The Morgan fingerprint density at radius 3 is 2.06 bits per heavy atom. The van der Waals surface area contributed by atoms with E-state index >= 15 is 0 Å². The lowest BCUT2D eigenvalue weighted by Crippen LogP contribution is -2.29. The van der Waals surface area contributed by atoms with E-state index in [9.17, 15) is 14.4 Å². The van der Waals surface area contributed by atoms with Gasteiger partial charge in [-0.2, -0.15) is 0 Å². The van der Waals surface area contributed by atoms with E-state index in [2.05, 4.69) is 0 Å². The SMILES string of the molecule is O=C(NO)c1ccc(N2C(=O)C=CC2=O)cc1. The standard InChI is InChI=1S/C11H8N2O4/c14-9-5-6-10(15)13(9)8-3-1-7(2-4-8)11(16)12-17/h1-6,17H,(H,12,16). The van der Waals surface area contributed by atoms with Crippen LogP contribution in [0.3, 0.4) is 0 Å². The molecule has 0 aliphatic carbocycles. The largest absolute Gasteiger partial charge is 0.288 e. The van der Waals surface area contributed by atoms with Gasteiger partial charge in [0.2, 0.25) is 0 Å². The van der Waals surface area contributed by atoms with Crippen LogP contribution in [0.2, 0.25) is 0 Å². The van der Waals surface area contributed by atoms with Gasteiger partial charge < -0.3 is 0 Å². The van der Waals surface area contributed by atoms with E-state index in [-0.39, 0.29) is 5.56 Å². The van der Waals surface area contributed by atoms with E-state index in [0.717, 1.165) is 4.90 Å². The number of nitrogens with zero attached hydrogens (tertiary/aromatic N) is 1. The Hall–Kier alpha value is -2.47. The van der Waals surface area contributed by atoms with Gasteiger partial charge in [0.25, 0.3) is 17.7 Å². The van der Waals surface area contributed by atoms with Gasteiger partial charge in [-0.15, -0.1) is 0 Å². The first-order valence-corrected chi connectivity index (χ1v) is 4.74. The molecule has 2 rings (SSSR count). The average molecular weight is 232 g/mol. The highest BCUT2D eigenvalue weighted by atomic mass is 16.5. The molecule has 0 saturated heterocycles. The Labute approximate surface area is 96.1 Å². The van der Waals surface area contributed by atoms with Crippen molar-refractivity contribution in [2.24, 2.45) is 0 Å². The quantitative estimate of drug-likeness (QED) is 0.434. The predicted octanol–water partition coefficient (Wildman–Crippen LogP) is 0.235. The molecule has 0 radical (unpaired) electrons. The topological polar surface area (TPSA) is 86.7 Å².